The van der Waals surface area contributed by atoms with Gasteiger partial charge in [-0.25, -0.2) is 4.98 Å². The lowest BCUT2D eigenvalue weighted by atomic mass is 9.78. The van der Waals surface area contributed by atoms with Crippen LogP contribution < -0.4 is 0 Å². The number of methoxy groups -OCH3 is 2. The van der Waals surface area contributed by atoms with Gasteiger partial charge in [-0.2, -0.15) is 0 Å². The molecule has 1 fully saturated rings. The molecular weight excluding hydrogens is 314 g/mol. The molecule has 1 aromatic rings. The van der Waals surface area contributed by atoms with Crippen molar-refractivity contribution in [3.63, 3.8) is 0 Å². The van der Waals surface area contributed by atoms with E-state index >= 15 is 0 Å². The molecule has 126 valence electrons. The molecule has 0 bridgehead atoms. The monoisotopic (exact) mass is 337 g/mol. The first-order chi connectivity index (χ1) is 11.2. The van der Waals surface area contributed by atoms with E-state index in [0.29, 0.717) is 5.03 Å². The number of aromatic nitrogens is 1. The highest BCUT2D eigenvalue weighted by Gasteiger charge is 2.42. The predicted octanol–water partition coefficient (Wildman–Crippen LogP) is 3.08. The van der Waals surface area contributed by atoms with Gasteiger partial charge in [0.1, 0.15) is 5.25 Å². The molecule has 5 nitrogen and oxygen atoms in total. The van der Waals surface area contributed by atoms with Gasteiger partial charge in [0.2, 0.25) is 0 Å². The molecule has 0 spiro atoms. The molecule has 1 heterocycles. The zero-order valence-corrected chi connectivity index (χ0v) is 14.4. The van der Waals surface area contributed by atoms with Crippen molar-refractivity contribution in [2.75, 3.05) is 14.2 Å². The van der Waals surface area contributed by atoms with Crippen molar-refractivity contribution >= 4 is 23.7 Å². The molecule has 0 radical (unpaired) electrons. The minimum atomic E-state index is -0.634. The molecular formula is C17H23NO4S. The maximum atomic E-state index is 12.4. The molecule has 0 aromatic carbocycles. The summed E-state index contributed by atoms with van der Waals surface area (Å²) < 4.78 is 9.95. The fourth-order valence-electron chi connectivity index (χ4n) is 3.12. The van der Waals surface area contributed by atoms with Gasteiger partial charge < -0.3 is 9.47 Å². The van der Waals surface area contributed by atoms with E-state index in [1.54, 1.807) is 6.20 Å². The minimum absolute atomic E-state index is 0.150. The summed E-state index contributed by atoms with van der Waals surface area (Å²) >= 11 is 1.28. The largest absolute Gasteiger partial charge is 0.469 e. The molecule has 2 atom stereocenters. The summed E-state index contributed by atoms with van der Waals surface area (Å²) in [6.07, 6.45) is 6.90. The highest BCUT2D eigenvalue weighted by Crippen LogP contribution is 2.38. The highest BCUT2D eigenvalue weighted by molar-refractivity contribution is 8.00. The van der Waals surface area contributed by atoms with Crippen LogP contribution in [0.5, 0.6) is 0 Å². The van der Waals surface area contributed by atoms with E-state index in [9.17, 15) is 9.59 Å². The summed E-state index contributed by atoms with van der Waals surface area (Å²) in [6, 6.07) is 5.50. The Bertz CT molecular complexity index is 517. The molecule has 1 aliphatic carbocycles. The molecule has 6 heteroatoms. The number of carbonyl (C=O) groups is 2. The summed E-state index contributed by atoms with van der Waals surface area (Å²) in [5, 5.41) is 0.0677. The Labute approximate surface area is 141 Å². The van der Waals surface area contributed by atoms with Gasteiger partial charge >= 0.3 is 11.9 Å². The average molecular weight is 337 g/mol. The van der Waals surface area contributed by atoms with Gasteiger partial charge in [-0.05, 0) is 30.9 Å². The number of esters is 2. The molecule has 1 aromatic heterocycles. The molecule has 0 saturated heterocycles. The summed E-state index contributed by atoms with van der Waals surface area (Å²) in [7, 11) is 2.72. The van der Waals surface area contributed by atoms with Crippen LogP contribution >= 0.6 is 11.8 Å². The van der Waals surface area contributed by atoms with Gasteiger partial charge in [0.05, 0.1) is 25.2 Å². The number of rotatable bonds is 6. The maximum absolute atomic E-state index is 12.4. The molecule has 1 saturated carbocycles. The lowest BCUT2D eigenvalue weighted by molar-refractivity contribution is -0.153. The fraction of sp³-hybridized carbons (Fsp3) is 0.588. The number of pyridine rings is 1. The molecule has 2 rings (SSSR count). The van der Waals surface area contributed by atoms with Crippen molar-refractivity contribution in [2.45, 2.75) is 42.4 Å². The third-order valence-corrected chi connectivity index (χ3v) is 5.50. The number of carbonyl (C=O) groups excluding carboxylic acids is 2. The van der Waals surface area contributed by atoms with Crippen molar-refractivity contribution in [3.05, 3.63) is 24.4 Å². The maximum Gasteiger partial charge on any atom is 0.320 e. The Morgan fingerprint density at radius 2 is 1.83 bits per heavy atom. The van der Waals surface area contributed by atoms with Crippen molar-refractivity contribution in [1.29, 1.82) is 0 Å². The van der Waals surface area contributed by atoms with Crippen LogP contribution in [0, 0.1) is 11.8 Å². The first-order valence-electron chi connectivity index (χ1n) is 7.90. The van der Waals surface area contributed by atoms with Crippen LogP contribution in [0.25, 0.3) is 0 Å². The second kappa shape index (κ2) is 8.91. The molecule has 0 N–H and O–H groups in total. The number of hydrogen-bond acceptors (Lipinski definition) is 6. The lowest BCUT2D eigenvalue weighted by Crippen LogP contribution is -2.40. The van der Waals surface area contributed by atoms with E-state index in [1.807, 2.05) is 18.2 Å². The van der Waals surface area contributed by atoms with Crippen molar-refractivity contribution < 1.29 is 19.1 Å². The van der Waals surface area contributed by atoms with Crippen LogP contribution in [0.1, 0.15) is 32.1 Å². The molecule has 0 unspecified atom stereocenters. The third kappa shape index (κ3) is 4.70. The average Bonchev–Trinajstić information content (AvgIpc) is 2.62. The molecule has 0 amide bonds. The van der Waals surface area contributed by atoms with E-state index in [2.05, 4.69) is 4.98 Å². The van der Waals surface area contributed by atoms with Gasteiger partial charge in [0.15, 0.2) is 0 Å². The summed E-state index contributed by atoms with van der Waals surface area (Å²) in [4.78, 5) is 29.0. The summed E-state index contributed by atoms with van der Waals surface area (Å²) in [6.45, 7) is 0. The Hall–Kier alpha value is -1.56. The number of nitrogens with zero attached hydrogens (tertiary/aromatic N) is 1. The first kappa shape index (κ1) is 17.8. The molecule has 1 aliphatic rings. The zero-order valence-electron chi connectivity index (χ0n) is 13.6. The predicted molar refractivity (Wildman–Crippen MR) is 88.0 cm³/mol. The van der Waals surface area contributed by atoms with E-state index < -0.39 is 17.1 Å². The Morgan fingerprint density at radius 1 is 1.13 bits per heavy atom. The van der Waals surface area contributed by atoms with Crippen molar-refractivity contribution in [1.82, 2.24) is 4.98 Å². The second-order valence-electron chi connectivity index (χ2n) is 5.68. The fourth-order valence-corrected chi connectivity index (χ4v) is 4.34. The van der Waals surface area contributed by atoms with Crippen LogP contribution in [-0.2, 0) is 19.1 Å². The normalized spacial score (nSPS) is 18.0. The van der Waals surface area contributed by atoms with Crippen LogP contribution in [-0.4, -0.2) is 36.4 Å². The minimum Gasteiger partial charge on any atom is -0.469 e. The van der Waals surface area contributed by atoms with E-state index in [1.165, 1.54) is 32.4 Å². The van der Waals surface area contributed by atoms with E-state index in [4.69, 9.17) is 9.47 Å². The summed E-state index contributed by atoms with van der Waals surface area (Å²) in [5.74, 6) is -1.09. The van der Waals surface area contributed by atoms with E-state index in [0.717, 1.165) is 25.7 Å². The molecule has 23 heavy (non-hydrogen) atoms. The first-order valence-corrected chi connectivity index (χ1v) is 8.78. The van der Waals surface area contributed by atoms with E-state index in [-0.39, 0.29) is 11.9 Å². The molecule has 0 aliphatic heterocycles. The summed E-state index contributed by atoms with van der Waals surface area (Å²) in [5.41, 5.74) is 0. The van der Waals surface area contributed by atoms with Crippen molar-refractivity contribution in [3.8, 4) is 0 Å². The topological polar surface area (TPSA) is 65.5 Å². The standard InChI is InChI=1S/C17H23NO4S/c1-21-16(19)14(12-8-4-3-5-9-12)15(17(20)22-2)23-13-10-6-7-11-18-13/h6-7,10-12,14-15H,3-5,8-9H2,1-2H3/t14-,15+/m1/s1. The van der Waals surface area contributed by atoms with Crippen LogP contribution in [0.4, 0.5) is 0 Å². The lowest BCUT2D eigenvalue weighted by Gasteiger charge is -2.32. The Kier molecular flexibility index (Phi) is 6.89. The number of ether oxygens (including phenoxy) is 2. The zero-order chi connectivity index (χ0) is 16.7. The van der Waals surface area contributed by atoms with Crippen molar-refractivity contribution in [2.24, 2.45) is 11.8 Å². The highest BCUT2D eigenvalue weighted by atomic mass is 32.2. The second-order valence-corrected chi connectivity index (χ2v) is 6.84. The quantitative estimate of drug-likeness (QED) is 0.587. The number of hydrogen-bond donors (Lipinski definition) is 0. The van der Waals surface area contributed by atoms with Crippen LogP contribution in [0.15, 0.2) is 29.4 Å². The van der Waals surface area contributed by atoms with Gasteiger partial charge in [-0.1, -0.05) is 37.1 Å². The number of thioether (sulfide) groups is 1. The van der Waals surface area contributed by atoms with Crippen LogP contribution in [0.2, 0.25) is 0 Å². The smallest absolute Gasteiger partial charge is 0.320 e. The third-order valence-electron chi connectivity index (χ3n) is 4.28. The van der Waals surface area contributed by atoms with Gasteiger partial charge in [0.25, 0.3) is 0 Å². The van der Waals surface area contributed by atoms with Gasteiger partial charge in [-0.3, -0.25) is 9.59 Å². The van der Waals surface area contributed by atoms with Crippen LogP contribution in [0.3, 0.4) is 0 Å². The Balaban J connectivity index is 2.27. The van der Waals surface area contributed by atoms with Gasteiger partial charge in [0, 0.05) is 6.20 Å². The SMILES string of the molecule is COC(=O)[C@@H](Sc1ccccn1)[C@H](C(=O)OC)C1CCCCC1. The van der Waals surface area contributed by atoms with Gasteiger partial charge in [-0.15, -0.1) is 0 Å². The Morgan fingerprint density at radius 3 is 2.39 bits per heavy atom.